The minimum Gasteiger partial charge on any atom is -0.481 e. The quantitative estimate of drug-likeness (QED) is 0.610. The van der Waals surface area contributed by atoms with Gasteiger partial charge in [-0.25, -0.2) is 4.79 Å². The number of nitrogens with zero attached hydrogens (tertiary/aromatic N) is 3. The Morgan fingerprint density at radius 1 is 1.03 bits per heavy atom. The zero-order chi connectivity index (χ0) is 24.3. The molecule has 2 atom stereocenters. The molecule has 180 valence electrons. The molecule has 2 unspecified atom stereocenters. The zero-order valence-electron chi connectivity index (χ0n) is 17.9. The number of nitrogens with one attached hydrogen (secondary N) is 1. The molecular weight excluding hydrogens is 445 g/mol. The number of rotatable bonds is 2. The van der Waals surface area contributed by atoms with Gasteiger partial charge in [0, 0.05) is 68.0 Å². The molecule has 3 heterocycles. The van der Waals surface area contributed by atoms with Crippen LogP contribution in [0.3, 0.4) is 0 Å². The molecule has 1 amide bonds. The Hall–Kier alpha value is -3.12. The topological polar surface area (TPSA) is 117 Å². The molecular formula is C21H25F3N4O5. The number of carbonyl (C=O) groups excluding carboxylic acids is 1. The van der Waals surface area contributed by atoms with Crippen molar-refractivity contribution in [1.82, 2.24) is 19.7 Å². The summed E-state index contributed by atoms with van der Waals surface area (Å²) >= 11 is 0. The predicted molar refractivity (Wildman–Crippen MR) is 112 cm³/mol. The molecule has 1 aromatic carbocycles. The van der Waals surface area contributed by atoms with E-state index in [1.165, 1.54) is 0 Å². The van der Waals surface area contributed by atoms with Gasteiger partial charge < -0.3 is 25.0 Å². The van der Waals surface area contributed by atoms with Gasteiger partial charge in [0.1, 0.15) is 0 Å². The highest BCUT2D eigenvalue weighted by Crippen LogP contribution is 2.21. The number of aromatic amines is 1. The summed E-state index contributed by atoms with van der Waals surface area (Å²) in [7, 11) is 1.96. The number of aliphatic carboxylic acids is 2. The summed E-state index contributed by atoms with van der Waals surface area (Å²) in [6.45, 7) is 3.89. The lowest BCUT2D eigenvalue weighted by molar-refractivity contribution is -0.192. The van der Waals surface area contributed by atoms with Crippen molar-refractivity contribution in [2.75, 3.05) is 46.3 Å². The number of carboxylic acids is 2. The molecule has 0 radical (unpaired) electrons. The fourth-order valence-corrected chi connectivity index (χ4v) is 4.17. The van der Waals surface area contributed by atoms with Crippen molar-refractivity contribution in [1.29, 1.82) is 0 Å². The van der Waals surface area contributed by atoms with E-state index in [0.717, 1.165) is 24.0 Å². The zero-order valence-corrected chi connectivity index (χ0v) is 17.9. The van der Waals surface area contributed by atoms with Gasteiger partial charge in [-0.1, -0.05) is 0 Å². The van der Waals surface area contributed by atoms with Crippen molar-refractivity contribution in [2.24, 2.45) is 5.92 Å². The van der Waals surface area contributed by atoms with Crippen LogP contribution in [0.1, 0.15) is 10.4 Å². The number of fused-ring (bicyclic) bond motifs is 2. The van der Waals surface area contributed by atoms with E-state index in [9.17, 15) is 27.9 Å². The number of carbonyl (C=O) groups is 3. The summed E-state index contributed by atoms with van der Waals surface area (Å²) in [5, 5.41) is 17.6. The van der Waals surface area contributed by atoms with Gasteiger partial charge in [0.2, 0.25) is 0 Å². The number of amides is 1. The normalized spacial score (nSPS) is 22.1. The second kappa shape index (κ2) is 9.79. The van der Waals surface area contributed by atoms with E-state index in [1.54, 1.807) is 0 Å². The minimum atomic E-state index is -5.08. The second-order valence-corrected chi connectivity index (χ2v) is 8.24. The molecule has 2 aliphatic heterocycles. The molecule has 2 aliphatic rings. The van der Waals surface area contributed by atoms with Gasteiger partial charge in [-0.2, -0.15) is 13.2 Å². The van der Waals surface area contributed by atoms with Crippen molar-refractivity contribution in [3.63, 3.8) is 0 Å². The van der Waals surface area contributed by atoms with Crippen molar-refractivity contribution in [3.05, 3.63) is 36.0 Å². The predicted octanol–water partition coefficient (Wildman–Crippen LogP) is 1.57. The van der Waals surface area contributed by atoms with Gasteiger partial charge in [-0.05, 0) is 31.3 Å². The maximum absolute atomic E-state index is 13.0. The van der Waals surface area contributed by atoms with E-state index in [1.807, 2.05) is 42.4 Å². The Kier molecular flexibility index (Phi) is 7.28. The maximum Gasteiger partial charge on any atom is 0.490 e. The molecule has 2 saturated heterocycles. The second-order valence-electron chi connectivity index (χ2n) is 8.24. The lowest BCUT2D eigenvalue weighted by Gasteiger charge is -2.41. The van der Waals surface area contributed by atoms with Crippen molar-refractivity contribution in [2.45, 2.75) is 12.2 Å². The Balaban J connectivity index is 0.000000383. The van der Waals surface area contributed by atoms with Gasteiger partial charge >= 0.3 is 18.1 Å². The van der Waals surface area contributed by atoms with Gasteiger partial charge in [0.15, 0.2) is 0 Å². The van der Waals surface area contributed by atoms with E-state index in [2.05, 4.69) is 14.8 Å². The molecule has 12 heteroatoms. The number of piperazine rings is 1. The van der Waals surface area contributed by atoms with Crippen LogP contribution in [0.15, 0.2) is 30.5 Å². The molecule has 1 aromatic heterocycles. The Labute approximate surface area is 187 Å². The first-order valence-electron chi connectivity index (χ1n) is 10.3. The number of benzene rings is 1. The van der Waals surface area contributed by atoms with Gasteiger partial charge in [-0.3, -0.25) is 14.5 Å². The molecule has 9 nitrogen and oxygen atoms in total. The largest absolute Gasteiger partial charge is 0.490 e. The molecule has 3 N–H and O–H groups in total. The Bertz CT molecular complexity index is 1020. The maximum atomic E-state index is 13.0. The third-order valence-electron chi connectivity index (χ3n) is 5.79. The number of likely N-dealkylation sites (N-methyl/N-ethyl adjacent to an activating group) is 1. The average Bonchev–Trinajstić information content (AvgIpc) is 3.14. The van der Waals surface area contributed by atoms with E-state index in [4.69, 9.17) is 9.90 Å². The number of carboxylic acid groups (broad SMARTS) is 2. The third-order valence-corrected chi connectivity index (χ3v) is 5.79. The summed E-state index contributed by atoms with van der Waals surface area (Å²) < 4.78 is 31.7. The SMILES string of the molecule is CN1CC(C(=O)O)CN2CCN(C(=O)c3ccc4[nH]ccc4c3)CC2C1.O=C(O)C(F)(F)F. The Morgan fingerprint density at radius 3 is 2.36 bits per heavy atom. The highest BCUT2D eigenvalue weighted by atomic mass is 19.4. The summed E-state index contributed by atoms with van der Waals surface area (Å²) in [6, 6.07) is 7.89. The first-order chi connectivity index (χ1) is 15.5. The summed E-state index contributed by atoms with van der Waals surface area (Å²) in [6.07, 6.45) is -3.21. The summed E-state index contributed by atoms with van der Waals surface area (Å²) in [4.78, 5) is 42.7. The molecule has 2 aromatic rings. The standard InChI is InChI=1S/C19H24N4O3.C2HF3O2/c1-21-9-15(19(25)26)10-22-6-7-23(12-16(22)11-21)18(24)14-2-3-17-13(8-14)4-5-20-17;3-2(4,5)1(6)7/h2-5,8,15-16,20H,6-7,9-12H2,1H3,(H,25,26);(H,6,7). The van der Waals surface area contributed by atoms with Crippen LogP contribution in [-0.4, -0.2) is 106 Å². The molecule has 0 aliphatic carbocycles. The van der Waals surface area contributed by atoms with Gasteiger partial charge in [0.05, 0.1) is 5.92 Å². The van der Waals surface area contributed by atoms with Crippen LogP contribution in [0.2, 0.25) is 0 Å². The van der Waals surface area contributed by atoms with Crippen LogP contribution in [0, 0.1) is 5.92 Å². The number of H-pyrrole nitrogens is 1. The van der Waals surface area contributed by atoms with Crippen molar-refractivity contribution >= 4 is 28.7 Å². The van der Waals surface area contributed by atoms with Crippen LogP contribution in [0.25, 0.3) is 10.9 Å². The number of aromatic nitrogens is 1. The highest BCUT2D eigenvalue weighted by Gasteiger charge is 2.38. The third kappa shape index (κ3) is 6.02. The van der Waals surface area contributed by atoms with E-state index >= 15 is 0 Å². The minimum absolute atomic E-state index is 0.0504. The van der Waals surface area contributed by atoms with E-state index in [0.29, 0.717) is 31.7 Å². The Morgan fingerprint density at radius 2 is 1.73 bits per heavy atom. The van der Waals surface area contributed by atoms with Gasteiger partial charge in [-0.15, -0.1) is 0 Å². The first-order valence-corrected chi connectivity index (χ1v) is 10.3. The lowest BCUT2D eigenvalue weighted by Crippen LogP contribution is -2.57. The van der Waals surface area contributed by atoms with Crippen LogP contribution in [0.5, 0.6) is 0 Å². The molecule has 33 heavy (non-hydrogen) atoms. The van der Waals surface area contributed by atoms with Gasteiger partial charge in [0.25, 0.3) is 5.91 Å². The van der Waals surface area contributed by atoms with Crippen molar-refractivity contribution < 1.29 is 37.8 Å². The van der Waals surface area contributed by atoms with Crippen LogP contribution < -0.4 is 0 Å². The lowest BCUT2D eigenvalue weighted by atomic mass is 10.1. The number of alkyl halides is 3. The fourth-order valence-electron chi connectivity index (χ4n) is 4.17. The molecule has 0 bridgehead atoms. The summed E-state index contributed by atoms with van der Waals surface area (Å²) in [5.74, 6) is -3.82. The van der Waals surface area contributed by atoms with E-state index in [-0.39, 0.29) is 17.9 Å². The van der Waals surface area contributed by atoms with E-state index < -0.39 is 18.1 Å². The first kappa shape index (κ1) is 24.5. The number of halogens is 3. The number of hydrogen-bond acceptors (Lipinski definition) is 5. The monoisotopic (exact) mass is 470 g/mol. The van der Waals surface area contributed by atoms with Crippen LogP contribution in [-0.2, 0) is 9.59 Å². The molecule has 0 saturated carbocycles. The van der Waals surface area contributed by atoms with Crippen LogP contribution >= 0.6 is 0 Å². The molecule has 4 rings (SSSR count). The summed E-state index contributed by atoms with van der Waals surface area (Å²) in [5.41, 5.74) is 1.73. The molecule has 0 spiro atoms. The van der Waals surface area contributed by atoms with Crippen molar-refractivity contribution in [3.8, 4) is 0 Å². The molecule has 2 fully saturated rings. The average molecular weight is 470 g/mol. The van der Waals surface area contributed by atoms with Crippen LogP contribution in [0.4, 0.5) is 13.2 Å². The smallest absolute Gasteiger partial charge is 0.481 e. The number of hydrogen-bond donors (Lipinski definition) is 3. The fraction of sp³-hybridized carbons (Fsp3) is 0.476. The highest BCUT2D eigenvalue weighted by molar-refractivity contribution is 5.98.